The Balaban J connectivity index is 1.74. The zero-order chi connectivity index (χ0) is 21.4. The number of alkyl halides is 3. The van der Waals surface area contributed by atoms with E-state index in [2.05, 4.69) is 4.98 Å². The number of nitrogens with zero attached hydrogens (tertiary/aromatic N) is 3. The molecule has 1 fully saturated rings. The molecule has 0 aliphatic carbocycles. The van der Waals surface area contributed by atoms with Gasteiger partial charge in [-0.05, 0) is 24.5 Å². The summed E-state index contributed by atoms with van der Waals surface area (Å²) < 4.78 is 62.0. The molecule has 2 aromatic rings. The Kier molecular flexibility index (Phi) is 6.16. The Hall–Kier alpha value is -1.79. The molecule has 1 aliphatic rings. The molecule has 0 atom stereocenters. The van der Waals surface area contributed by atoms with Gasteiger partial charge in [-0.3, -0.25) is 4.79 Å². The molecule has 1 aromatic heterocycles. The number of sulfone groups is 1. The van der Waals surface area contributed by atoms with Crippen LogP contribution in [-0.4, -0.2) is 62.9 Å². The summed E-state index contributed by atoms with van der Waals surface area (Å²) in [6.45, 7) is 1.29. The lowest BCUT2D eigenvalue weighted by atomic mass is 10.2. The molecular formula is C17H18F3N3O3S3. The number of halogens is 3. The predicted octanol–water partition coefficient (Wildman–Crippen LogP) is 3.25. The third-order valence-corrected chi connectivity index (χ3v) is 7.45. The number of amides is 1. The number of rotatable bonds is 4. The minimum atomic E-state index is -4.42. The molecule has 6 nitrogen and oxygen atoms in total. The second-order valence-corrected chi connectivity index (χ2v) is 10.3. The summed E-state index contributed by atoms with van der Waals surface area (Å²) in [4.78, 5) is 20.1. The Morgan fingerprint density at radius 2 is 1.86 bits per heavy atom. The molecule has 1 aliphatic heterocycles. The van der Waals surface area contributed by atoms with Gasteiger partial charge in [0.2, 0.25) is 0 Å². The largest absolute Gasteiger partial charge is 0.427 e. The number of hydrogen-bond acceptors (Lipinski definition) is 7. The van der Waals surface area contributed by atoms with Crippen molar-refractivity contribution < 1.29 is 26.4 Å². The maximum Gasteiger partial charge on any atom is 0.427 e. The molecule has 2 heterocycles. The van der Waals surface area contributed by atoms with Crippen LogP contribution in [0.1, 0.15) is 15.2 Å². The number of anilines is 1. The quantitative estimate of drug-likeness (QED) is 0.646. The van der Waals surface area contributed by atoms with Crippen molar-refractivity contribution in [3.05, 3.63) is 34.8 Å². The van der Waals surface area contributed by atoms with Gasteiger partial charge in [-0.1, -0.05) is 11.3 Å². The summed E-state index contributed by atoms with van der Waals surface area (Å²) in [6, 6.07) is 4.46. The lowest BCUT2D eigenvalue weighted by Gasteiger charge is -2.35. The number of carbonyl (C=O) groups is 1. The Labute approximate surface area is 174 Å². The molecule has 0 saturated carbocycles. The molecule has 0 bridgehead atoms. The molecular weight excluding hydrogens is 447 g/mol. The van der Waals surface area contributed by atoms with E-state index < -0.39 is 20.9 Å². The van der Waals surface area contributed by atoms with Gasteiger partial charge in [0.15, 0.2) is 15.0 Å². The molecule has 3 rings (SSSR count). The lowest BCUT2D eigenvalue weighted by Crippen LogP contribution is -2.48. The van der Waals surface area contributed by atoms with E-state index in [0.29, 0.717) is 48.0 Å². The maximum absolute atomic E-state index is 13.0. The first-order valence-corrected chi connectivity index (χ1v) is 12.4. The van der Waals surface area contributed by atoms with Crippen LogP contribution >= 0.6 is 23.1 Å². The second-order valence-electron chi connectivity index (χ2n) is 6.42. The highest BCUT2D eigenvalue weighted by atomic mass is 32.2. The van der Waals surface area contributed by atoms with Crippen molar-refractivity contribution >= 4 is 44.0 Å². The molecule has 0 N–H and O–H groups in total. The van der Waals surface area contributed by atoms with Gasteiger partial charge in [-0.15, -0.1) is 11.8 Å². The topological polar surface area (TPSA) is 70.6 Å². The standard InChI is InChI=1S/C17H18F3N3O3S3/c1-27-13-4-3-11(29(2,25)26)9-12(13)15(24)22-5-7-23(8-6-22)16-21-10-14(28-16)17(18,19)20/h3-4,9-10H,5-8H2,1-2H3. The third kappa shape index (κ3) is 4.86. The molecule has 0 unspecified atom stereocenters. The van der Waals surface area contributed by atoms with Gasteiger partial charge in [0.25, 0.3) is 5.91 Å². The van der Waals surface area contributed by atoms with Crippen LogP contribution < -0.4 is 4.90 Å². The Morgan fingerprint density at radius 1 is 1.21 bits per heavy atom. The number of carbonyl (C=O) groups excluding carboxylic acids is 1. The van der Waals surface area contributed by atoms with Crippen molar-refractivity contribution in [2.45, 2.75) is 16.0 Å². The van der Waals surface area contributed by atoms with E-state index >= 15 is 0 Å². The summed E-state index contributed by atoms with van der Waals surface area (Å²) in [5, 5.41) is 0.272. The molecule has 1 amide bonds. The van der Waals surface area contributed by atoms with E-state index in [1.165, 1.54) is 23.9 Å². The molecule has 12 heteroatoms. The highest BCUT2D eigenvalue weighted by Gasteiger charge is 2.34. The van der Waals surface area contributed by atoms with Crippen molar-refractivity contribution in [3.63, 3.8) is 0 Å². The lowest BCUT2D eigenvalue weighted by molar-refractivity contribution is -0.134. The Bertz CT molecular complexity index is 1010. The predicted molar refractivity (Wildman–Crippen MR) is 107 cm³/mol. The van der Waals surface area contributed by atoms with Gasteiger partial charge in [0.05, 0.1) is 16.7 Å². The van der Waals surface area contributed by atoms with Crippen LogP contribution in [0.25, 0.3) is 0 Å². The van der Waals surface area contributed by atoms with E-state index in [4.69, 9.17) is 0 Å². The molecule has 1 aromatic carbocycles. The smallest absolute Gasteiger partial charge is 0.345 e. The fourth-order valence-corrected chi connectivity index (χ4v) is 4.95. The zero-order valence-electron chi connectivity index (χ0n) is 15.6. The minimum absolute atomic E-state index is 0.0692. The van der Waals surface area contributed by atoms with Crippen molar-refractivity contribution in [2.24, 2.45) is 0 Å². The molecule has 29 heavy (non-hydrogen) atoms. The number of aromatic nitrogens is 1. The van der Waals surface area contributed by atoms with Gasteiger partial charge in [0, 0.05) is 37.3 Å². The highest BCUT2D eigenvalue weighted by molar-refractivity contribution is 7.98. The van der Waals surface area contributed by atoms with E-state index in [9.17, 15) is 26.4 Å². The first-order chi connectivity index (χ1) is 13.5. The second kappa shape index (κ2) is 8.15. The van der Waals surface area contributed by atoms with Gasteiger partial charge in [-0.2, -0.15) is 13.2 Å². The van der Waals surface area contributed by atoms with Crippen molar-refractivity contribution in [1.29, 1.82) is 0 Å². The number of hydrogen-bond donors (Lipinski definition) is 0. The molecule has 158 valence electrons. The van der Waals surface area contributed by atoms with Crippen molar-refractivity contribution in [1.82, 2.24) is 9.88 Å². The molecule has 0 radical (unpaired) electrons. The van der Waals surface area contributed by atoms with E-state index in [0.717, 1.165) is 12.5 Å². The van der Waals surface area contributed by atoms with Crippen LogP contribution in [-0.2, 0) is 16.0 Å². The van der Waals surface area contributed by atoms with Crippen molar-refractivity contribution in [2.75, 3.05) is 43.6 Å². The van der Waals surface area contributed by atoms with Gasteiger partial charge < -0.3 is 9.80 Å². The monoisotopic (exact) mass is 465 g/mol. The van der Waals surface area contributed by atoms with Crippen LogP contribution in [0.5, 0.6) is 0 Å². The maximum atomic E-state index is 13.0. The third-order valence-electron chi connectivity index (χ3n) is 4.44. The summed E-state index contributed by atoms with van der Waals surface area (Å²) in [6.07, 6.45) is -0.728. The SMILES string of the molecule is CSc1ccc(S(C)(=O)=O)cc1C(=O)N1CCN(c2ncc(C(F)(F)F)s2)CC1. The molecule has 1 saturated heterocycles. The fraction of sp³-hybridized carbons (Fsp3) is 0.412. The normalized spacial score (nSPS) is 15.6. The van der Waals surface area contributed by atoms with Gasteiger partial charge >= 0.3 is 6.18 Å². The van der Waals surface area contributed by atoms with Gasteiger partial charge in [0.1, 0.15) is 4.88 Å². The summed E-state index contributed by atoms with van der Waals surface area (Å²) in [5.74, 6) is -0.297. The first-order valence-electron chi connectivity index (χ1n) is 8.46. The Morgan fingerprint density at radius 3 is 2.38 bits per heavy atom. The van der Waals surface area contributed by atoms with E-state index in [1.54, 1.807) is 22.1 Å². The fourth-order valence-electron chi connectivity index (χ4n) is 2.90. The minimum Gasteiger partial charge on any atom is -0.345 e. The molecule has 0 spiro atoms. The van der Waals surface area contributed by atoms with Crippen LogP contribution in [0.15, 0.2) is 34.2 Å². The number of thioether (sulfide) groups is 1. The summed E-state index contributed by atoms with van der Waals surface area (Å²) in [7, 11) is -3.46. The number of thiazole rings is 1. The van der Waals surface area contributed by atoms with Crippen LogP contribution in [0.4, 0.5) is 18.3 Å². The van der Waals surface area contributed by atoms with Crippen LogP contribution in [0.3, 0.4) is 0 Å². The summed E-state index contributed by atoms with van der Waals surface area (Å²) in [5.41, 5.74) is 0.308. The summed E-state index contributed by atoms with van der Waals surface area (Å²) >= 11 is 1.92. The number of piperazine rings is 1. The zero-order valence-corrected chi connectivity index (χ0v) is 18.0. The highest BCUT2D eigenvalue weighted by Crippen LogP contribution is 2.36. The van der Waals surface area contributed by atoms with Crippen LogP contribution in [0, 0.1) is 0 Å². The first kappa shape index (κ1) is 21.9. The van der Waals surface area contributed by atoms with Gasteiger partial charge in [-0.25, -0.2) is 13.4 Å². The van der Waals surface area contributed by atoms with Crippen LogP contribution in [0.2, 0.25) is 0 Å². The average molecular weight is 466 g/mol. The average Bonchev–Trinajstić information content (AvgIpc) is 3.17. The van der Waals surface area contributed by atoms with E-state index in [-0.39, 0.29) is 15.9 Å². The van der Waals surface area contributed by atoms with E-state index in [1.807, 2.05) is 0 Å². The van der Waals surface area contributed by atoms with Crippen molar-refractivity contribution in [3.8, 4) is 0 Å². The number of benzene rings is 1.